The lowest BCUT2D eigenvalue weighted by Crippen LogP contribution is -2.17. The predicted octanol–water partition coefficient (Wildman–Crippen LogP) is 0.998. The van der Waals surface area contributed by atoms with E-state index in [9.17, 15) is 4.79 Å². The number of aliphatic hydroxyl groups is 1. The van der Waals surface area contributed by atoms with E-state index in [0.29, 0.717) is 0 Å². The van der Waals surface area contributed by atoms with Gasteiger partial charge in [-0.15, -0.1) is 5.11 Å². The van der Waals surface area contributed by atoms with Gasteiger partial charge in [0.05, 0.1) is 6.20 Å². The summed E-state index contributed by atoms with van der Waals surface area (Å²) < 4.78 is 4.83. The van der Waals surface area contributed by atoms with Gasteiger partial charge in [0.25, 0.3) is 5.91 Å². The molecule has 2 aliphatic rings. The number of carbonyl (C=O) groups excluding carboxylic acids is 1. The molecule has 1 atom stereocenters. The van der Waals surface area contributed by atoms with E-state index in [1.807, 2.05) is 0 Å². The van der Waals surface area contributed by atoms with Crippen LogP contribution < -0.4 is 0 Å². The molecule has 2 rings (SSSR count). The summed E-state index contributed by atoms with van der Waals surface area (Å²) in [6.45, 7) is 0.737. The van der Waals surface area contributed by atoms with Gasteiger partial charge >= 0.3 is 0 Å². The highest BCUT2D eigenvalue weighted by molar-refractivity contribution is 5.89. The Balaban J connectivity index is 0.000000132. The summed E-state index contributed by atoms with van der Waals surface area (Å²) in [5, 5.41) is 15.1. The molecule has 0 radical (unpaired) electrons. The minimum Gasteiger partial charge on any atom is -0.368 e. The fourth-order valence-corrected chi connectivity index (χ4v) is 0.944. The van der Waals surface area contributed by atoms with Crippen LogP contribution in [0.3, 0.4) is 0 Å². The average molecular weight is 184 g/mol. The number of carbonyl (C=O) groups is 1. The normalized spacial score (nSPS) is 25.6. The number of nitrogens with zero attached hydrogens (tertiary/aromatic N) is 2. The minimum absolute atomic E-state index is 0.269. The average Bonchev–Trinajstić information content (AvgIpc) is 2.58. The number of hydrogen-bond acceptors (Lipinski definition) is 4. The molecule has 5 nitrogen and oxygen atoms in total. The Labute approximate surface area is 76.1 Å². The maximum atomic E-state index is 9.90. The van der Waals surface area contributed by atoms with Crippen LogP contribution in [0.5, 0.6) is 0 Å². The smallest absolute Gasteiger partial charge is 0.289 e. The van der Waals surface area contributed by atoms with Crippen molar-refractivity contribution in [3.8, 4) is 0 Å². The Morgan fingerprint density at radius 1 is 1.54 bits per heavy atom. The Hall–Kier alpha value is -1.07. The van der Waals surface area contributed by atoms with Crippen molar-refractivity contribution >= 4 is 5.91 Å². The summed E-state index contributed by atoms with van der Waals surface area (Å²) in [7, 11) is 0. The molecule has 1 amide bonds. The molecular weight excluding hydrogens is 172 g/mol. The molecule has 1 fully saturated rings. The first kappa shape index (κ1) is 10.0. The third-order valence-electron chi connectivity index (χ3n) is 1.60. The van der Waals surface area contributed by atoms with E-state index in [1.165, 1.54) is 12.3 Å². The second-order valence-electron chi connectivity index (χ2n) is 2.69. The number of azo groups is 1. The van der Waals surface area contributed by atoms with Crippen LogP contribution in [0, 0.1) is 0 Å². The van der Waals surface area contributed by atoms with Crippen molar-refractivity contribution in [2.75, 3.05) is 6.61 Å². The van der Waals surface area contributed by atoms with Crippen molar-refractivity contribution in [1.29, 1.82) is 0 Å². The molecule has 0 aromatic heterocycles. The molecule has 2 aliphatic heterocycles. The number of aliphatic hydroxyl groups excluding tert-OH is 1. The molecule has 2 heterocycles. The summed E-state index contributed by atoms with van der Waals surface area (Å²) in [5.74, 6) is -0.269. The molecule has 1 N–H and O–H groups in total. The lowest BCUT2D eigenvalue weighted by atomic mass is 10.2. The van der Waals surface area contributed by atoms with E-state index in [2.05, 4.69) is 10.2 Å². The fourth-order valence-electron chi connectivity index (χ4n) is 0.944. The molecular formula is C8H12N2O3. The molecule has 1 saturated heterocycles. The third kappa shape index (κ3) is 4.49. The maximum absolute atomic E-state index is 9.90. The Kier molecular flexibility index (Phi) is 4.28. The molecule has 0 aromatic carbocycles. The van der Waals surface area contributed by atoms with Crippen LogP contribution in [0.25, 0.3) is 0 Å². The predicted molar refractivity (Wildman–Crippen MR) is 44.8 cm³/mol. The highest BCUT2D eigenvalue weighted by Gasteiger charge is 2.07. The van der Waals surface area contributed by atoms with Gasteiger partial charge in [-0.2, -0.15) is 5.11 Å². The molecule has 0 aliphatic carbocycles. The van der Waals surface area contributed by atoms with Gasteiger partial charge in [-0.25, -0.2) is 0 Å². The van der Waals surface area contributed by atoms with Gasteiger partial charge in [-0.05, 0) is 19.3 Å². The van der Waals surface area contributed by atoms with E-state index in [0.717, 1.165) is 25.9 Å². The lowest BCUT2D eigenvalue weighted by molar-refractivity contribution is -0.123. The molecule has 72 valence electrons. The standard InChI is InChI=1S/C5H10O2.C3H2N2O/c6-5-3-1-2-4-7-5;6-3-1-2-4-5-3/h5-6H,1-4H2;1-2H. The summed E-state index contributed by atoms with van der Waals surface area (Å²) in [5.41, 5.74) is 0. The zero-order chi connectivity index (χ0) is 9.52. The van der Waals surface area contributed by atoms with Gasteiger partial charge in [0, 0.05) is 12.7 Å². The Bertz CT molecular complexity index is 205. The van der Waals surface area contributed by atoms with Gasteiger partial charge in [-0.3, -0.25) is 4.79 Å². The van der Waals surface area contributed by atoms with E-state index < -0.39 is 6.29 Å². The van der Waals surface area contributed by atoms with E-state index in [1.54, 1.807) is 0 Å². The van der Waals surface area contributed by atoms with Crippen LogP contribution in [0.1, 0.15) is 19.3 Å². The highest BCUT2D eigenvalue weighted by atomic mass is 16.6. The van der Waals surface area contributed by atoms with Gasteiger partial charge in [0.15, 0.2) is 6.29 Å². The van der Waals surface area contributed by atoms with Crippen LogP contribution >= 0.6 is 0 Å². The quantitative estimate of drug-likeness (QED) is 0.610. The summed E-state index contributed by atoms with van der Waals surface area (Å²) in [4.78, 5) is 9.90. The van der Waals surface area contributed by atoms with Crippen LogP contribution in [0.4, 0.5) is 0 Å². The molecule has 0 bridgehead atoms. The second-order valence-corrected chi connectivity index (χ2v) is 2.69. The lowest BCUT2D eigenvalue weighted by Gasteiger charge is -2.16. The first-order valence-corrected chi connectivity index (χ1v) is 4.20. The summed E-state index contributed by atoms with van der Waals surface area (Å²) >= 11 is 0. The zero-order valence-electron chi connectivity index (χ0n) is 7.22. The minimum atomic E-state index is -0.464. The molecule has 1 unspecified atom stereocenters. The van der Waals surface area contributed by atoms with Gasteiger partial charge in [0.2, 0.25) is 0 Å². The Morgan fingerprint density at radius 3 is 2.62 bits per heavy atom. The van der Waals surface area contributed by atoms with Crippen molar-refractivity contribution in [3.05, 3.63) is 12.3 Å². The fraction of sp³-hybridized carbons (Fsp3) is 0.625. The topological polar surface area (TPSA) is 71.2 Å². The van der Waals surface area contributed by atoms with Crippen molar-refractivity contribution < 1.29 is 14.6 Å². The van der Waals surface area contributed by atoms with E-state index in [-0.39, 0.29) is 5.91 Å². The maximum Gasteiger partial charge on any atom is 0.289 e. The van der Waals surface area contributed by atoms with E-state index >= 15 is 0 Å². The SMILES string of the molecule is O=C1C=CN=N1.OC1CCCCO1. The molecule has 0 saturated carbocycles. The van der Waals surface area contributed by atoms with Gasteiger partial charge in [0.1, 0.15) is 0 Å². The van der Waals surface area contributed by atoms with E-state index in [4.69, 9.17) is 9.84 Å². The third-order valence-corrected chi connectivity index (χ3v) is 1.60. The number of rotatable bonds is 0. The highest BCUT2D eigenvalue weighted by Crippen LogP contribution is 2.08. The first-order chi connectivity index (χ1) is 6.29. The largest absolute Gasteiger partial charge is 0.368 e. The molecule has 5 heteroatoms. The summed E-state index contributed by atoms with van der Waals surface area (Å²) in [6, 6.07) is 0. The van der Waals surface area contributed by atoms with Gasteiger partial charge < -0.3 is 9.84 Å². The van der Waals surface area contributed by atoms with Crippen LogP contribution in [0.15, 0.2) is 22.5 Å². The van der Waals surface area contributed by atoms with Crippen LogP contribution in [0.2, 0.25) is 0 Å². The van der Waals surface area contributed by atoms with Gasteiger partial charge in [-0.1, -0.05) is 0 Å². The number of amides is 1. The van der Waals surface area contributed by atoms with Crippen molar-refractivity contribution in [3.63, 3.8) is 0 Å². The zero-order valence-corrected chi connectivity index (χ0v) is 7.22. The first-order valence-electron chi connectivity index (χ1n) is 4.20. The molecule has 0 spiro atoms. The summed E-state index contributed by atoms with van der Waals surface area (Å²) in [6.07, 6.45) is 5.24. The van der Waals surface area contributed by atoms with Crippen LogP contribution in [-0.2, 0) is 9.53 Å². The van der Waals surface area contributed by atoms with Crippen molar-refractivity contribution in [2.24, 2.45) is 10.2 Å². The molecule has 0 aromatic rings. The molecule has 13 heavy (non-hydrogen) atoms. The number of hydrogen-bond donors (Lipinski definition) is 1. The second kappa shape index (κ2) is 5.55. The van der Waals surface area contributed by atoms with Crippen molar-refractivity contribution in [2.45, 2.75) is 25.6 Å². The number of ether oxygens (including phenoxy) is 1. The monoisotopic (exact) mass is 184 g/mol. The van der Waals surface area contributed by atoms with Crippen LogP contribution in [-0.4, -0.2) is 23.9 Å². The van der Waals surface area contributed by atoms with Crippen molar-refractivity contribution in [1.82, 2.24) is 0 Å². The Morgan fingerprint density at radius 2 is 2.38 bits per heavy atom.